The average molecular weight is 450 g/mol. The van der Waals surface area contributed by atoms with Crippen molar-refractivity contribution in [2.24, 2.45) is 5.92 Å². The number of hydrogen-bond donors (Lipinski definition) is 3. The van der Waals surface area contributed by atoms with Gasteiger partial charge in [-0.2, -0.15) is 0 Å². The number of hydrogen-bond acceptors (Lipinski definition) is 5. The number of amides is 3. The van der Waals surface area contributed by atoms with E-state index in [1.165, 1.54) is 17.0 Å². The van der Waals surface area contributed by atoms with Gasteiger partial charge in [0.25, 0.3) is 0 Å². The number of aromatic hydroxyl groups is 1. The lowest BCUT2D eigenvalue weighted by atomic mass is 9.95. The summed E-state index contributed by atoms with van der Waals surface area (Å²) >= 11 is 0. The normalized spacial score (nSPS) is 14.3. The summed E-state index contributed by atoms with van der Waals surface area (Å²) in [6.07, 6.45) is -0.0496. The Bertz CT molecular complexity index is 788. The minimum Gasteiger partial charge on any atom is -0.508 e. The molecule has 0 heterocycles. The molecule has 0 aliphatic carbocycles. The molecule has 1 aromatic carbocycles. The van der Waals surface area contributed by atoms with Crippen LogP contribution in [-0.4, -0.2) is 52.1 Å². The predicted molar refractivity (Wildman–Crippen MR) is 124 cm³/mol. The molecule has 3 N–H and O–H groups in total. The van der Waals surface area contributed by atoms with Crippen LogP contribution in [0.5, 0.6) is 5.75 Å². The molecular weight excluding hydrogens is 410 g/mol. The number of carbonyl (C=O) groups excluding carboxylic acids is 3. The van der Waals surface area contributed by atoms with Gasteiger partial charge >= 0.3 is 6.09 Å². The van der Waals surface area contributed by atoms with Crippen LogP contribution in [0.2, 0.25) is 0 Å². The van der Waals surface area contributed by atoms with Crippen molar-refractivity contribution < 1.29 is 24.2 Å². The molecule has 8 heteroatoms. The quantitative estimate of drug-likeness (QED) is 0.532. The van der Waals surface area contributed by atoms with Gasteiger partial charge in [-0.15, -0.1) is 0 Å². The summed E-state index contributed by atoms with van der Waals surface area (Å²) in [4.78, 5) is 40.7. The minimum absolute atomic E-state index is 0.00120. The molecule has 0 saturated heterocycles. The number of nitrogens with zero attached hydrogens (tertiary/aromatic N) is 1. The molecule has 3 atom stereocenters. The third-order valence-corrected chi connectivity index (χ3v) is 4.95. The van der Waals surface area contributed by atoms with Gasteiger partial charge in [-0.05, 0) is 65.2 Å². The van der Waals surface area contributed by atoms with Crippen LogP contribution in [0.4, 0.5) is 4.79 Å². The van der Waals surface area contributed by atoms with Gasteiger partial charge in [0.15, 0.2) is 0 Å². The Morgan fingerprint density at radius 3 is 2.19 bits per heavy atom. The molecule has 3 unspecified atom stereocenters. The predicted octanol–water partition coefficient (Wildman–Crippen LogP) is 3.75. The Morgan fingerprint density at radius 1 is 1.09 bits per heavy atom. The number of nitrogens with one attached hydrogen (secondary N) is 2. The SMILES string of the molecule is CCC(C)C(NC(=O)OC(C)(C)C)C(=O)N(CC)C(C(=O)NC(C)C)c1cccc(O)c1. The van der Waals surface area contributed by atoms with Crippen LogP contribution in [0.25, 0.3) is 0 Å². The lowest BCUT2D eigenvalue weighted by molar-refractivity contribution is -0.143. The fourth-order valence-corrected chi connectivity index (χ4v) is 3.29. The fourth-order valence-electron chi connectivity index (χ4n) is 3.29. The first-order valence-electron chi connectivity index (χ1n) is 11.2. The lowest BCUT2D eigenvalue weighted by Gasteiger charge is -2.35. The molecule has 0 spiro atoms. The summed E-state index contributed by atoms with van der Waals surface area (Å²) in [6, 6.07) is 4.33. The van der Waals surface area contributed by atoms with Crippen LogP contribution in [0.3, 0.4) is 0 Å². The first kappa shape index (κ1) is 27.3. The smallest absolute Gasteiger partial charge is 0.408 e. The highest BCUT2D eigenvalue weighted by Gasteiger charge is 2.37. The highest BCUT2D eigenvalue weighted by molar-refractivity contribution is 5.92. The van der Waals surface area contributed by atoms with Gasteiger partial charge in [-0.3, -0.25) is 9.59 Å². The number of carbonyl (C=O) groups is 3. The Labute approximate surface area is 191 Å². The molecule has 0 aliphatic heterocycles. The van der Waals surface area contributed by atoms with E-state index in [1.54, 1.807) is 39.8 Å². The van der Waals surface area contributed by atoms with Crippen LogP contribution in [0.15, 0.2) is 24.3 Å². The maximum Gasteiger partial charge on any atom is 0.408 e. The molecule has 1 aromatic rings. The van der Waals surface area contributed by atoms with Crippen LogP contribution in [0, 0.1) is 5.92 Å². The Hall–Kier alpha value is -2.77. The van der Waals surface area contributed by atoms with Crippen LogP contribution in [0.1, 0.15) is 73.4 Å². The topological polar surface area (TPSA) is 108 Å². The molecule has 32 heavy (non-hydrogen) atoms. The van der Waals surface area contributed by atoms with E-state index in [1.807, 2.05) is 27.7 Å². The highest BCUT2D eigenvalue weighted by Crippen LogP contribution is 2.26. The van der Waals surface area contributed by atoms with Crippen molar-refractivity contribution in [1.29, 1.82) is 0 Å². The van der Waals surface area contributed by atoms with Crippen molar-refractivity contribution >= 4 is 17.9 Å². The highest BCUT2D eigenvalue weighted by atomic mass is 16.6. The van der Waals surface area contributed by atoms with Crippen molar-refractivity contribution in [2.45, 2.75) is 85.5 Å². The number of phenols is 1. The molecule has 0 aliphatic rings. The molecular formula is C24H39N3O5. The van der Waals surface area contributed by atoms with E-state index in [-0.39, 0.29) is 36.1 Å². The van der Waals surface area contributed by atoms with Crippen molar-refractivity contribution in [3.8, 4) is 5.75 Å². The monoisotopic (exact) mass is 449 g/mol. The van der Waals surface area contributed by atoms with E-state index in [2.05, 4.69) is 10.6 Å². The molecule has 3 amide bonds. The third kappa shape index (κ3) is 8.05. The van der Waals surface area contributed by atoms with Gasteiger partial charge in [0, 0.05) is 12.6 Å². The van der Waals surface area contributed by atoms with E-state index in [0.717, 1.165) is 0 Å². The molecule has 0 saturated carbocycles. The van der Waals surface area contributed by atoms with Gasteiger partial charge in [0.2, 0.25) is 11.8 Å². The summed E-state index contributed by atoms with van der Waals surface area (Å²) in [5, 5.41) is 15.5. The number of likely N-dealkylation sites (N-methyl/N-ethyl adjacent to an activating group) is 1. The van der Waals surface area contributed by atoms with Crippen LogP contribution >= 0.6 is 0 Å². The molecule has 0 fully saturated rings. The van der Waals surface area contributed by atoms with Crippen LogP contribution in [-0.2, 0) is 14.3 Å². The van der Waals surface area contributed by atoms with E-state index in [0.29, 0.717) is 12.0 Å². The van der Waals surface area contributed by atoms with E-state index >= 15 is 0 Å². The summed E-state index contributed by atoms with van der Waals surface area (Å²) < 4.78 is 5.35. The van der Waals surface area contributed by atoms with Crippen molar-refractivity contribution in [1.82, 2.24) is 15.5 Å². The lowest BCUT2D eigenvalue weighted by Crippen LogP contribution is -2.55. The number of phenolic OH excluding ortho intramolecular Hbond substituents is 1. The van der Waals surface area contributed by atoms with Crippen molar-refractivity contribution in [3.05, 3.63) is 29.8 Å². The molecule has 8 nitrogen and oxygen atoms in total. The minimum atomic E-state index is -0.964. The fraction of sp³-hybridized carbons (Fsp3) is 0.625. The zero-order chi connectivity index (χ0) is 24.6. The maximum absolute atomic E-state index is 13.7. The summed E-state index contributed by atoms with van der Waals surface area (Å²) in [7, 11) is 0. The van der Waals surface area contributed by atoms with Gasteiger partial charge in [-0.1, -0.05) is 32.4 Å². The Morgan fingerprint density at radius 2 is 1.72 bits per heavy atom. The van der Waals surface area contributed by atoms with Gasteiger partial charge in [0.05, 0.1) is 0 Å². The zero-order valence-corrected chi connectivity index (χ0v) is 20.6. The average Bonchev–Trinajstić information content (AvgIpc) is 2.67. The van der Waals surface area contributed by atoms with Gasteiger partial charge in [-0.25, -0.2) is 4.79 Å². The second-order valence-corrected chi connectivity index (χ2v) is 9.29. The molecule has 0 aromatic heterocycles. The van der Waals surface area contributed by atoms with E-state index in [4.69, 9.17) is 4.74 Å². The summed E-state index contributed by atoms with van der Waals surface area (Å²) in [6.45, 7) is 14.7. The maximum atomic E-state index is 13.7. The van der Waals surface area contributed by atoms with Crippen molar-refractivity contribution in [2.75, 3.05) is 6.54 Å². The molecule has 0 radical (unpaired) electrons. The summed E-state index contributed by atoms with van der Waals surface area (Å²) in [5.41, 5.74) is -0.225. The molecule has 1 rings (SSSR count). The van der Waals surface area contributed by atoms with E-state index in [9.17, 15) is 19.5 Å². The van der Waals surface area contributed by atoms with E-state index < -0.39 is 23.8 Å². The van der Waals surface area contributed by atoms with Gasteiger partial charge in [0.1, 0.15) is 23.4 Å². The number of alkyl carbamates (subject to hydrolysis) is 1. The number of ether oxygens (including phenoxy) is 1. The number of rotatable bonds is 9. The molecule has 180 valence electrons. The zero-order valence-electron chi connectivity index (χ0n) is 20.6. The standard InChI is InChI=1S/C24H39N3O5/c1-9-16(5)19(26-23(31)32-24(6,7)8)22(30)27(10-2)20(21(29)25-15(3)4)17-12-11-13-18(28)14-17/h11-16,19-20,28H,9-10H2,1-8H3,(H,25,29)(H,26,31). The Kier molecular flexibility index (Phi) is 10.0. The first-order valence-corrected chi connectivity index (χ1v) is 11.2. The largest absolute Gasteiger partial charge is 0.508 e. The number of benzene rings is 1. The second-order valence-electron chi connectivity index (χ2n) is 9.29. The summed E-state index contributed by atoms with van der Waals surface area (Å²) in [5.74, 6) is -0.943. The van der Waals surface area contributed by atoms with Crippen molar-refractivity contribution in [3.63, 3.8) is 0 Å². The van der Waals surface area contributed by atoms with Crippen LogP contribution < -0.4 is 10.6 Å². The third-order valence-electron chi connectivity index (χ3n) is 4.95. The molecule has 0 bridgehead atoms. The Balaban J connectivity index is 3.36. The second kappa shape index (κ2) is 11.7. The first-order chi connectivity index (χ1) is 14.8. The van der Waals surface area contributed by atoms with Gasteiger partial charge < -0.3 is 25.4 Å².